The van der Waals surface area contributed by atoms with E-state index in [1.165, 1.54) is 0 Å². The van der Waals surface area contributed by atoms with E-state index in [0.29, 0.717) is 38.0 Å². The van der Waals surface area contributed by atoms with Gasteiger partial charge >= 0.3 is 0 Å². The standard InChI is InChI=1S/C37H42N4O3/c1-38-26-35(42)39-34(22-21-28-12-4-2-5-13-28)37(44)41-24-11-18-31(41)27-40(25-23-29-14-6-3-7-15-29)36(43)33-20-10-17-30-16-8-9-19-32(30)33/h2-10,12-17,19-20,31,34,38H,11,18,21-27H2,1H3,(H,39,42)/t31?,34-/m0/s1. The lowest BCUT2D eigenvalue weighted by Gasteiger charge is -2.33. The van der Waals surface area contributed by atoms with Crippen LogP contribution >= 0.6 is 0 Å². The molecule has 1 saturated heterocycles. The molecule has 4 aromatic carbocycles. The maximum Gasteiger partial charge on any atom is 0.254 e. The second-order valence-corrected chi connectivity index (χ2v) is 11.5. The van der Waals surface area contributed by atoms with Gasteiger partial charge in [-0.05, 0) is 67.1 Å². The van der Waals surface area contributed by atoms with Gasteiger partial charge in [0.25, 0.3) is 5.91 Å². The largest absolute Gasteiger partial charge is 0.343 e. The lowest BCUT2D eigenvalue weighted by atomic mass is 10.0. The van der Waals surface area contributed by atoms with Crippen molar-refractivity contribution in [3.8, 4) is 0 Å². The third-order valence-corrected chi connectivity index (χ3v) is 8.45. The number of hydrogen-bond donors (Lipinski definition) is 2. The molecule has 44 heavy (non-hydrogen) atoms. The fraction of sp³-hybridized carbons (Fsp3) is 0.324. The quantitative estimate of drug-likeness (QED) is 0.233. The molecule has 0 radical (unpaired) electrons. The van der Waals surface area contributed by atoms with Crippen molar-refractivity contribution in [2.75, 3.05) is 33.2 Å². The first-order valence-electron chi connectivity index (χ1n) is 15.6. The van der Waals surface area contributed by atoms with Crippen LogP contribution in [0.3, 0.4) is 0 Å². The molecule has 1 heterocycles. The predicted molar refractivity (Wildman–Crippen MR) is 175 cm³/mol. The Bertz CT molecular complexity index is 1540. The number of benzene rings is 4. The molecular formula is C37H42N4O3. The minimum atomic E-state index is -0.636. The van der Waals surface area contributed by atoms with Gasteiger partial charge in [0.15, 0.2) is 0 Å². The first-order chi connectivity index (χ1) is 21.5. The predicted octanol–water partition coefficient (Wildman–Crippen LogP) is 4.85. The summed E-state index contributed by atoms with van der Waals surface area (Å²) in [7, 11) is 1.72. The van der Waals surface area contributed by atoms with E-state index in [2.05, 4.69) is 22.8 Å². The number of carbonyl (C=O) groups excluding carboxylic acids is 3. The van der Waals surface area contributed by atoms with E-state index in [1.807, 2.05) is 101 Å². The van der Waals surface area contributed by atoms with Crippen molar-refractivity contribution >= 4 is 28.5 Å². The van der Waals surface area contributed by atoms with Gasteiger partial charge in [-0.1, -0.05) is 97.1 Å². The number of aryl methyl sites for hydroxylation is 1. The molecule has 3 amide bonds. The molecule has 1 aliphatic heterocycles. The molecular weight excluding hydrogens is 548 g/mol. The van der Waals surface area contributed by atoms with Crippen molar-refractivity contribution in [1.82, 2.24) is 20.4 Å². The number of nitrogens with zero attached hydrogens (tertiary/aromatic N) is 2. The zero-order valence-corrected chi connectivity index (χ0v) is 25.5. The summed E-state index contributed by atoms with van der Waals surface area (Å²) in [6, 6.07) is 33.3. The molecule has 0 aromatic heterocycles. The second kappa shape index (κ2) is 15.3. The summed E-state index contributed by atoms with van der Waals surface area (Å²) in [5.41, 5.74) is 2.96. The second-order valence-electron chi connectivity index (χ2n) is 11.5. The number of likely N-dealkylation sites (N-methyl/N-ethyl adjacent to an activating group) is 1. The average molecular weight is 591 g/mol. The molecule has 0 spiro atoms. The highest BCUT2D eigenvalue weighted by Gasteiger charge is 2.35. The number of carbonyl (C=O) groups is 3. The average Bonchev–Trinajstić information content (AvgIpc) is 3.53. The summed E-state index contributed by atoms with van der Waals surface area (Å²) in [5, 5.41) is 7.81. The van der Waals surface area contributed by atoms with Crippen molar-refractivity contribution in [3.63, 3.8) is 0 Å². The summed E-state index contributed by atoms with van der Waals surface area (Å²) >= 11 is 0. The van der Waals surface area contributed by atoms with Crippen LogP contribution in [-0.4, -0.2) is 72.8 Å². The molecule has 2 N–H and O–H groups in total. The molecule has 1 fully saturated rings. The van der Waals surface area contributed by atoms with Crippen LogP contribution in [0.4, 0.5) is 0 Å². The summed E-state index contributed by atoms with van der Waals surface area (Å²) in [6.07, 6.45) is 3.58. The molecule has 1 aliphatic rings. The zero-order chi connectivity index (χ0) is 30.7. The molecule has 2 atom stereocenters. The molecule has 7 nitrogen and oxygen atoms in total. The maximum absolute atomic E-state index is 14.2. The molecule has 228 valence electrons. The molecule has 5 rings (SSSR count). The van der Waals surface area contributed by atoms with Gasteiger partial charge in [-0.3, -0.25) is 14.4 Å². The van der Waals surface area contributed by atoms with Crippen LogP contribution in [0.15, 0.2) is 103 Å². The lowest BCUT2D eigenvalue weighted by molar-refractivity contribution is -0.137. The minimum Gasteiger partial charge on any atom is -0.343 e. The van der Waals surface area contributed by atoms with Crippen molar-refractivity contribution < 1.29 is 14.4 Å². The normalized spacial score (nSPS) is 15.2. The zero-order valence-electron chi connectivity index (χ0n) is 25.5. The van der Waals surface area contributed by atoms with E-state index in [4.69, 9.17) is 0 Å². The number of hydrogen-bond acceptors (Lipinski definition) is 4. The van der Waals surface area contributed by atoms with Crippen LogP contribution in [0.2, 0.25) is 0 Å². The third kappa shape index (κ3) is 7.91. The van der Waals surface area contributed by atoms with Crippen molar-refractivity contribution in [3.05, 3.63) is 120 Å². The van der Waals surface area contributed by atoms with Crippen LogP contribution in [0, 0.1) is 0 Å². The Kier molecular flexibility index (Phi) is 10.8. The summed E-state index contributed by atoms with van der Waals surface area (Å²) < 4.78 is 0. The van der Waals surface area contributed by atoms with Crippen LogP contribution in [0.1, 0.15) is 40.7 Å². The Morgan fingerprint density at radius 3 is 2.23 bits per heavy atom. The van der Waals surface area contributed by atoms with E-state index in [1.54, 1.807) is 7.05 Å². The van der Waals surface area contributed by atoms with Crippen LogP contribution < -0.4 is 10.6 Å². The first kappa shape index (κ1) is 31.0. The monoisotopic (exact) mass is 590 g/mol. The summed E-state index contributed by atoms with van der Waals surface area (Å²) in [5.74, 6) is -0.307. The maximum atomic E-state index is 14.2. The Labute approximate surface area is 260 Å². The van der Waals surface area contributed by atoms with Gasteiger partial charge in [-0.25, -0.2) is 0 Å². The van der Waals surface area contributed by atoms with Gasteiger partial charge in [0.2, 0.25) is 11.8 Å². The molecule has 0 saturated carbocycles. The molecule has 0 bridgehead atoms. The molecule has 4 aromatic rings. The van der Waals surface area contributed by atoms with E-state index in [-0.39, 0.29) is 30.3 Å². The van der Waals surface area contributed by atoms with Crippen molar-refractivity contribution in [2.45, 2.75) is 44.2 Å². The number of fused-ring (bicyclic) bond motifs is 1. The van der Waals surface area contributed by atoms with Gasteiger partial charge < -0.3 is 20.4 Å². The van der Waals surface area contributed by atoms with Crippen LogP contribution in [0.5, 0.6) is 0 Å². The fourth-order valence-electron chi connectivity index (χ4n) is 6.16. The highest BCUT2D eigenvalue weighted by atomic mass is 16.2. The Morgan fingerprint density at radius 2 is 1.50 bits per heavy atom. The van der Waals surface area contributed by atoms with E-state index >= 15 is 0 Å². The summed E-state index contributed by atoms with van der Waals surface area (Å²) in [6.45, 7) is 1.74. The number of rotatable bonds is 13. The third-order valence-electron chi connectivity index (χ3n) is 8.45. The Morgan fingerprint density at radius 1 is 0.841 bits per heavy atom. The van der Waals surface area contributed by atoms with Crippen molar-refractivity contribution in [1.29, 1.82) is 0 Å². The highest BCUT2D eigenvalue weighted by molar-refractivity contribution is 6.07. The number of nitrogens with one attached hydrogen (secondary N) is 2. The van der Waals surface area contributed by atoms with Crippen molar-refractivity contribution in [2.24, 2.45) is 0 Å². The fourth-order valence-corrected chi connectivity index (χ4v) is 6.16. The van der Waals surface area contributed by atoms with Gasteiger partial charge in [0.1, 0.15) is 6.04 Å². The minimum absolute atomic E-state index is 0.0278. The van der Waals surface area contributed by atoms with Gasteiger partial charge in [-0.2, -0.15) is 0 Å². The number of likely N-dealkylation sites (tertiary alicyclic amines) is 1. The molecule has 1 unspecified atom stereocenters. The topological polar surface area (TPSA) is 81.8 Å². The number of amides is 3. The van der Waals surface area contributed by atoms with E-state index < -0.39 is 6.04 Å². The smallest absolute Gasteiger partial charge is 0.254 e. The molecule has 0 aliphatic carbocycles. The molecule has 7 heteroatoms. The van der Waals surface area contributed by atoms with E-state index in [0.717, 1.165) is 41.2 Å². The Balaban J connectivity index is 1.37. The Hall–Kier alpha value is -4.49. The van der Waals surface area contributed by atoms with Crippen LogP contribution in [0.25, 0.3) is 10.8 Å². The van der Waals surface area contributed by atoms with Gasteiger partial charge in [0, 0.05) is 31.2 Å². The summed E-state index contributed by atoms with van der Waals surface area (Å²) in [4.78, 5) is 44.7. The van der Waals surface area contributed by atoms with E-state index in [9.17, 15) is 14.4 Å². The first-order valence-corrected chi connectivity index (χ1v) is 15.6. The lowest BCUT2D eigenvalue weighted by Crippen LogP contribution is -2.53. The van der Waals surface area contributed by atoms with Crippen LogP contribution in [-0.2, 0) is 22.4 Å². The highest BCUT2D eigenvalue weighted by Crippen LogP contribution is 2.24. The van der Waals surface area contributed by atoms with Gasteiger partial charge in [0.05, 0.1) is 6.54 Å². The van der Waals surface area contributed by atoms with Gasteiger partial charge in [-0.15, -0.1) is 0 Å². The SMILES string of the molecule is CNCC(=O)N[C@@H](CCc1ccccc1)C(=O)N1CCCC1CN(CCc1ccccc1)C(=O)c1cccc2ccccc12.